The van der Waals surface area contributed by atoms with E-state index in [0.29, 0.717) is 38.6 Å². The van der Waals surface area contributed by atoms with E-state index < -0.39 is 10.0 Å². The number of sulfonamides is 1. The van der Waals surface area contributed by atoms with E-state index >= 15 is 0 Å². The average Bonchev–Trinajstić information content (AvgIpc) is 3.22. The Morgan fingerprint density at radius 3 is 2.30 bits per heavy atom. The van der Waals surface area contributed by atoms with Gasteiger partial charge in [-0.3, -0.25) is 5.01 Å². The fraction of sp³-hybridized carbons (Fsp3) is 0.174. The molecule has 1 heterocycles. The van der Waals surface area contributed by atoms with Crippen LogP contribution in [0.25, 0.3) is 0 Å². The highest BCUT2D eigenvalue weighted by atomic mass is 35.5. The third-order valence-electron chi connectivity index (χ3n) is 5.22. The molecule has 0 saturated carbocycles. The third-order valence-corrected chi connectivity index (χ3v) is 7.43. The lowest BCUT2D eigenvalue weighted by Gasteiger charge is -2.25. The lowest BCUT2D eigenvalue weighted by Crippen LogP contribution is -2.29. The van der Waals surface area contributed by atoms with Gasteiger partial charge in [-0.2, -0.15) is 5.10 Å². The second-order valence-corrected chi connectivity index (χ2v) is 10.4. The summed E-state index contributed by atoms with van der Waals surface area (Å²) in [4.78, 5) is 0.147. The lowest BCUT2D eigenvalue weighted by molar-refractivity contribution is 0.414. The number of ether oxygens (including phenoxy) is 1. The molecule has 6 nitrogen and oxygen atoms in total. The fourth-order valence-corrected chi connectivity index (χ4v) is 5.17. The molecule has 1 unspecified atom stereocenters. The Bertz CT molecular complexity index is 1280. The SMILES string of the molecule is COc1ccc(S(=O)(=O)NCC2=NN(c3ccc(Cl)cc3Cl)C(c3ccc(Cl)cc3)C2)cc1. The maximum absolute atomic E-state index is 12.7. The van der Waals surface area contributed by atoms with Gasteiger partial charge < -0.3 is 4.74 Å². The minimum absolute atomic E-state index is 0.0557. The zero-order chi connectivity index (χ0) is 23.6. The molecule has 33 heavy (non-hydrogen) atoms. The summed E-state index contributed by atoms with van der Waals surface area (Å²) in [6, 6.07) is 18.6. The van der Waals surface area contributed by atoms with Gasteiger partial charge in [0.05, 0.1) is 41.0 Å². The van der Waals surface area contributed by atoms with Gasteiger partial charge >= 0.3 is 0 Å². The molecule has 0 aliphatic carbocycles. The number of nitrogens with one attached hydrogen (secondary N) is 1. The van der Waals surface area contributed by atoms with Gasteiger partial charge in [0.25, 0.3) is 0 Å². The summed E-state index contributed by atoms with van der Waals surface area (Å²) in [6.45, 7) is 0.0557. The van der Waals surface area contributed by atoms with Crippen molar-refractivity contribution in [3.05, 3.63) is 87.4 Å². The number of anilines is 1. The minimum atomic E-state index is -3.72. The van der Waals surface area contributed by atoms with E-state index in [-0.39, 0.29) is 17.5 Å². The van der Waals surface area contributed by atoms with Crippen LogP contribution < -0.4 is 14.5 Å². The van der Waals surface area contributed by atoms with E-state index in [4.69, 9.17) is 44.6 Å². The molecule has 3 aromatic carbocycles. The molecule has 1 N–H and O–H groups in total. The second kappa shape index (κ2) is 9.91. The molecule has 1 atom stereocenters. The van der Waals surface area contributed by atoms with Gasteiger partial charge in [0.15, 0.2) is 0 Å². The fourth-order valence-electron chi connectivity index (χ4n) is 3.53. The standard InChI is InChI=1S/C23H20Cl3N3O3S/c1-32-19-7-9-20(10-8-19)33(30,31)27-14-18-13-23(15-2-4-16(24)5-3-15)29(28-18)22-11-6-17(25)12-21(22)26/h2-12,23,27H,13-14H2,1H3. The van der Waals surface area contributed by atoms with Crippen LogP contribution in [0.15, 0.2) is 76.7 Å². The molecule has 1 aliphatic heterocycles. The monoisotopic (exact) mass is 523 g/mol. The molecule has 1 aliphatic rings. The van der Waals surface area contributed by atoms with Crippen molar-refractivity contribution < 1.29 is 13.2 Å². The van der Waals surface area contributed by atoms with Gasteiger partial charge in [-0.25, -0.2) is 13.1 Å². The predicted octanol–water partition coefficient (Wildman–Crippen LogP) is 5.94. The van der Waals surface area contributed by atoms with Crippen molar-refractivity contribution in [1.82, 2.24) is 4.72 Å². The van der Waals surface area contributed by atoms with Gasteiger partial charge in [-0.15, -0.1) is 0 Å². The topological polar surface area (TPSA) is 71.0 Å². The zero-order valence-corrected chi connectivity index (χ0v) is 20.6. The Morgan fingerprint density at radius 1 is 1.00 bits per heavy atom. The van der Waals surface area contributed by atoms with Crippen LogP contribution in [0.4, 0.5) is 5.69 Å². The highest BCUT2D eigenvalue weighted by molar-refractivity contribution is 7.89. The van der Waals surface area contributed by atoms with Crippen molar-refractivity contribution in [2.24, 2.45) is 5.10 Å². The summed E-state index contributed by atoms with van der Waals surface area (Å²) in [5, 5.41) is 8.08. The summed E-state index contributed by atoms with van der Waals surface area (Å²) in [5.41, 5.74) is 2.31. The van der Waals surface area contributed by atoms with Crippen molar-refractivity contribution in [3.8, 4) is 5.75 Å². The largest absolute Gasteiger partial charge is 0.497 e. The normalized spacial score (nSPS) is 16.1. The molecule has 0 aromatic heterocycles. The Morgan fingerprint density at radius 2 is 1.67 bits per heavy atom. The van der Waals surface area contributed by atoms with Crippen LogP contribution in [0.1, 0.15) is 18.0 Å². The lowest BCUT2D eigenvalue weighted by atomic mass is 10.0. The highest BCUT2D eigenvalue weighted by Crippen LogP contribution is 2.39. The van der Waals surface area contributed by atoms with Crippen LogP contribution in [0.5, 0.6) is 5.75 Å². The van der Waals surface area contributed by atoms with E-state index in [2.05, 4.69) is 4.72 Å². The number of methoxy groups -OCH3 is 1. The first kappa shape index (κ1) is 23.9. The van der Waals surface area contributed by atoms with Gasteiger partial charge in [0.1, 0.15) is 5.75 Å². The van der Waals surface area contributed by atoms with Crippen LogP contribution in [-0.4, -0.2) is 27.8 Å². The van der Waals surface area contributed by atoms with Gasteiger partial charge in [-0.05, 0) is 60.2 Å². The van der Waals surface area contributed by atoms with Crippen molar-refractivity contribution in [2.75, 3.05) is 18.7 Å². The van der Waals surface area contributed by atoms with E-state index in [9.17, 15) is 8.42 Å². The zero-order valence-electron chi connectivity index (χ0n) is 17.5. The van der Waals surface area contributed by atoms with Crippen LogP contribution in [0, 0.1) is 0 Å². The van der Waals surface area contributed by atoms with Crippen LogP contribution in [-0.2, 0) is 10.0 Å². The van der Waals surface area contributed by atoms with E-state index in [1.165, 1.54) is 19.2 Å². The van der Waals surface area contributed by atoms with Crippen LogP contribution in [0.2, 0.25) is 15.1 Å². The van der Waals surface area contributed by atoms with Gasteiger partial charge in [0, 0.05) is 16.5 Å². The number of halogens is 3. The first-order chi connectivity index (χ1) is 15.8. The Balaban J connectivity index is 1.59. The van der Waals surface area contributed by atoms with Crippen molar-refractivity contribution in [2.45, 2.75) is 17.4 Å². The molecule has 0 saturated heterocycles. The molecule has 0 amide bonds. The summed E-state index contributed by atoms with van der Waals surface area (Å²) < 4.78 is 33.2. The van der Waals surface area contributed by atoms with Crippen molar-refractivity contribution in [3.63, 3.8) is 0 Å². The number of hydrogen-bond acceptors (Lipinski definition) is 5. The van der Waals surface area contributed by atoms with Gasteiger partial charge in [-0.1, -0.05) is 46.9 Å². The molecule has 0 fully saturated rings. The summed E-state index contributed by atoms with van der Waals surface area (Å²) in [5.74, 6) is 0.579. The summed E-state index contributed by atoms with van der Waals surface area (Å²) >= 11 is 18.6. The molecule has 172 valence electrons. The number of rotatable bonds is 7. The maximum Gasteiger partial charge on any atom is 0.240 e. The molecule has 4 rings (SSSR count). The number of benzene rings is 3. The number of hydrazone groups is 1. The molecule has 0 spiro atoms. The maximum atomic E-state index is 12.7. The Labute approximate surface area is 207 Å². The molecular formula is C23H20Cl3N3O3S. The van der Waals surface area contributed by atoms with Crippen molar-refractivity contribution >= 4 is 56.2 Å². The second-order valence-electron chi connectivity index (χ2n) is 7.38. The number of nitrogens with zero attached hydrogens (tertiary/aromatic N) is 2. The average molecular weight is 525 g/mol. The van der Waals surface area contributed by atoms with E-state index in [1.54, 1.807) is 35.3 Å². The van der Waals surface area contributed by atoms with Gasteiger partial charge in [0.2, 0.25) is 10.0 Å². The smallest absolute Gasteiger partial charge is 0.240 e. The first-order valence-corrected chi connectivity index (χ1v) is 12.6. The van der Waals surface area contributed by atoms with E-state index in [1.807, 2.05) is 24.3 Å². The molecule has 10 heteroatoms. The van der Waals surface area contributed by atoms with E-state index in [0.717, 1.165) is 5.56 Å². The quantitative estimate of drug-likeness (QED) is 0.415. The number of hydrogen-bond donors (Lipinski definition) is 1. The highest BCUT2D eigenvalue weighted by Gasteiger charge is 2.31. The van der Waals surface area contributed by atoms with Crippen molar-refractivity contribution in [1.29, 1.82) is 0 Å². The summed E-state index contributed by atoms with van der Waals surface area (Å²) in [7, 11) is -2.20. The summed E-state index contributed by atoms with van der Waals surface area (Å²) in [6.07, 6.45) is 0.506. The molecule has 3 aromatic rings. The molecular weight excluding hydrogens is 505 g/mol. The Hall–Kier alpha value is -2.29. The molecule has 0 radical (unpaired) electrons. The third kappa shape index (κ3) is 5.45. The Kier molecular flexibility index (Phi) is 7.16. The predicted molar refractivity (Wildman–Crippen MR) is 133 cm³/mol. The molecule has 0 bridgehead atoms. The van der Waals surface area contributed by atoms with Crippen LogP contribution in [0.3, 0.4) is 0 Å². The van der Waals surface area contributed by atoms with Crippen LogP contribution >= 0.6 is 34.8 Å². The first-order valence-electron chi connectivity index (χ1n) is 9.96. The minimum Gasteiger partial charge on any atom is -0.497 e.